The summed E-state index contributed by atoms with van der Waals surface area (Å²) in [4.78, 5) is 0. The maximum absolute atomic E-state index is 6.47. The molecular formula is C20H24ClNO2. The summed E-state index contributed by atoms with van der Waals surface area (Å²) in [6.07, 6.45) is 2.54. The molecule has 128 valence electrons. The zero-order valence-corrected chi connectivity index (χ0v) is 15.0. The number of aryl methyl sites for hydroxylation is 1. The van der Waals surface area contributed by atoms with Crippen molar-refractivity contribution in [1.29, 1.82) is 0 Å². The Morgan fingerprint density at radius 2 is 1.96 bits per heavy atom. The van der Waals surface area contributed by atoms with Gasteiger partial charge < -0.3 is 14.8 Å². The molecule has 0 atom stereocenters. The maximum Gasteiger partial charge on any atom is 0.180 e. The highest BCUT2D eigenvalue weighted by molar-refractivity contribution is 6.32. The third kappa shape index (κ3) is 4.65. The van der Waals surface area contributed by atoms with Gasteiger partial charge in [-0.1, -0.05) is 41.4 Å². The summed E-state index contributed by atoms with van der Waals surface area (Å²) >= 11 is 6.47. The largest absolute Gasteiger partial charge is 0.490 e. The van der Waals surface area contributed by atoms with Gasteiger partial charge in [-0.15, -0.1) is 0 Å². The van der Waals surface area contributed by atoms with E-state index in [0.717, 1.165) is 17.7 Å². The molecule has 2 aromatic carbocycles. The zero-order valence-electron chi connectivity index (χ0n) is 14.3. The fourth-order valence-corrected chi connectivity index (χ4v) is 2.92. The molecule has 0 amide bonds. The Labute approximate surface area is 148 Å². The van der Waals surface area contributed by atoms with E-state index in [1.54, 1.807) is 0 Å². The first-order valence-corrected chi connectivity index (χ1v) is 8.90. The van der Waals surface area contributed by atoms with Crippen molar-refractivity contribution in [2.24, 2.45) is 0 Å². The van der Waals surface area contributed by atoms with E-state index in [-0.39, 0.29) is 0 Å². The second kappa shape index (κ2) is 7.91. The molecule has 0 unspecified atom stereocenters. The van der Waals surface area contributed by atoms with Gasteiger partial charge in [-0.25, -0.2) is 0 Å². The van der Waals surface area contributed by atoms with Crippen LogP contribution >= 0.6 is 11.6 Å². The molecule has 0 aliphatic heterocycles. The van der Waals surface area contributed by atoms with Gasteiger partial charge in [-0.3, -0.25) is 0 Å². The predicted molar refractivity (Wildman–Crippen MR) is 98.0 cm³/mol. The first kappa shape index (κ1) is 17.1. The van der Waals surface area contributed by atoms with Crippen molar-refractivity contribution < 1.29 is 9.47 Å². The molecular weight excluding hydrogens is 322 g/mol. The highest BCUT2D eigenvalue weighted by Gasteiger charge is 2.20. The molecule has 1 saturated carbocycles. The highest BCUT2D eigenvalue weighted by atomic mass is 35.5. The number of hydrogen-bond donors (Lipinski definition) is 1. The topological polar surface area (TPSA) is 30.5 Å². The lowest BCUT2D eigenvalue weighted by Gasteiger charge is -2.16. The van der Waals surface area contributed by atoms with Gasteiger partial charge in [-0.2, -0.15) is 0 Å². The van der Waals surface area contributed by atoms with Crippen LogP contribution in [0.1, 0.15) is 36.5 Å². The minimum absolute atomic E-state index is 0.473. The summed E-state index contributed by atoms with van der Waals surface area (Å²) in [7, 11) is 0. The average Bonchev–Trinajstić information content (AvgIpc) is 3.37. The zero-order chi connectivity index (χ0) is 16.9. The van der Waals surface area contributed by atoms with E-state index >= 15 is 0 Å². The molecule has 24 heavy (non-hydrogen) atoms. The molecule has 0 aromatic heterocycles. The second-order valence-corrected chi connectivity index (χ2v) is 6.68. The van der Waals surface area contributed by atoms with Crippen molar-refractivity contribution in [1.82, 2.24) is 5.32 Å². The van der Waals surface area contributed by atoms with Gasteiger partial charge in [0.05, 0.1) is 11.6 Å². The van der Waals surface area contributed by atoms with E-state index < -0.39 is 0 Å². The fourth-order valence-electron chi connectivity index (χ4n) is 2.63. The third-order valence-electron chi connectivity index (χ3n) is 4.01. The molecule has 0 spiro atoms. The summed E-state index contributed by atoms with van der Waals surface area (Å²) in [5.41, 5.74) is 3.46. The van der Waals surface area contributed by atoms with Crippen molar-refractivity contribution in [3.05, 3.63) is 58.1 Å². The fraction of sp³-hybridized carbons (Fsp3) is 0.400. The third-order valence-corrected chi connectivity index (χ3v) is 4.29. The molecule has 3 nitrogen and oxygen atoms in total. The number of rotatable bonds is 8. The Morgan fingerprint density at radius 1 is 1.12 bits per heavy atom. The summed E-state index contributed by atoms with van der Waals surface area (Å²) < 4.78 is 11.7. The van der Waals surface area contributed by atoms with Crippen LogP contribution in [-0.4, -0.2) is 12.6 Å². The van der Waals surface area contributed by atoms with Crippen LogP contribution in [0.3, 0.4) is 0 Å². The van der Waals surface area contributed by atoms with Gasteiger partial charge >= 0.3 is 0 Å². The van der Waals surface area contributed by atoms with Crippen molar-refractivity contribution >= 4 is 11.6 Å². The van der Waals surface area contributed by atoms with Gasteiger partial charge in [0.15, 0.2) is 11.5 Å². The van der Waals surface area contributed by atoms with E-state index in [2.05, 4.69) is 30.4 Å². The Bertz CT molecular complexity index is 698. The van der Waals surface area contributed by atoms with Crippen molar-refractivity contribution in [2.75, 3.05) is 6.61 Å². The molecule has 1 N–H and O–H groups in total. The van der Waals surface area contributed by atoms with E-state index in [1.165, 1.54) is 18.4 Å². The van der Waals surface area contributed by atoms with Gasteiger partial charge in [0.2, 0.25) is 0 Å². The number of hydrogen-bond acceptors (Lipinski definition) is 3. The Balaban J connectivity index is 1.74. The predicted octanol–water partition coefficient (Wildman–Crippen LogP) is 4.88. The number of nitrogens with one attached hydrogen (secondary N) is 1. The van der Waals surface area contributed by atoms with E-state index in [4.69, 9.17) is 21.1 Å². The molecule has 0 radical (unpaired) electrons. The molecule has 0 saturated heterocycles. The van der Waals surface area contributed by atoms with Crippen LogP contribution in [0.4, 0.5) is 0 Å². The van der Waals surface area contributed by atoms with Crippen LogP contribution in [0.25, 0.3) is 0 Å². The first-order chi connectivity index (χ1) is 11.7. The van der Waals surface area contributed by atoms with Crippen LogP contribution in [0.5, 0.6) is 11.5 Å². The van der Waals surface area contributed by atoms with Crippen molar-refractivity contribution in [3.8, 4) is 11.5 Å². The Hall–Kier alpha value is -1.71. The molecule has 4 heteroatoms. The molecule has 0 bridgehead atoms. The second-order valence-electron chi connectivity index (χ2n) is 6.27. The van der Waals surface area contributed by atoms with E-state index in [9.17, 15) is 0 Å². The number of ether oxygens (including phenoxy) is 2. The summed E-state index contributed by atoms with van der Waals surface area (Å²) in [6, 6.07) is 12.9. The van der Waals surface area contributed by atoms with Crippen LogP contribution < -0.4 is 14.8 Å². The average molecular weight is 346 g/mol. The molecule has 0 heterocycles. The molecule has 1 aliphatic carbocycles. The molecule has 1 aliphatic rings. The molecule has 2 aromatic rings. The smallest absolute Gasteiger partial charge is 0.180 e. The van der Waals surface area contributed by atoms with Crippen molar-refractivity contribution in [3.63, 3.8) is 0 Å². The lowest BCUT2D eigenvalue weighted by atomic mass is 10.1. The highest BCUT2D eigenvalue weighted by Crippen LogP contribution is 2.37. The lowest BCUT2D eigenvalue weighted by molar-refractivity contribution is 0.269. The van der Waals surface area contributed by atoms with Crippen LogP contribution in [0.2, 0.25) is 5.02 Å². The van der Waals surface area contributed by atoms with Gasteiger partial charge in [0.25, 0.3) is 0 Å². The van der Waals surface area contributed by atoms with E-state index in [1.807, 2.05) is 25.1 Å². The Morgan fingerprint density at radius 3 is 2.67 bits per heavy atom. The van der Waals surface area contributed by atoms with Crippen LogP contribution in [0, 0.1) is 6.92 Å². The van der Waals surface area contributed by atoms with Gasteiger partial charge in [0, 0.05) is 12.6 Å². The standard InChI is InChI=1S/C20H24ClNO2/c1-3-23-19-11-16(12-22-17-7-8-17)10-18(21)20(19)24-13-15-6-4-5-14(2)9-15/h4-6,9-11,17,22H,3,7-8,12-13H2,1-2H3. The van der Waals surface area contributed by atoms with E-state index in [0.29, 0.717) is 35.8 Å². The van der Waals surface area contributed by atoms with Gasteiger partial charge in [-0.05, 0) is 49.9 Å². The summed E-state index contributed by atoms with van der Waals surface area (Å²) in [5.74, 6) is 1.33. The van der Waals surface area contributed by atoms with Crippen molar-refractivity contribution in [2.45, 2.75) is 45.9 Å². The van der Waals surface area contributed by atoms with Gasteiger partial charge in [0.1, 0.15) is 6.61 Å². The molecule has 3 rings (SSSR count). The summed E-state index contributed by atoms with van der Waals surface area (Å²) in [5, 5.41) is 4.10. The Kier molecular flexibility index (Phi) is 5.64. The minimum Gasteiger partial charge on any atom is -0.490 e. The number of halogens is 1. The lowest BCUT2D eigenvalue weighted by Crippen LogP contribution is -2.15. The SMILES string of the molecule is CCOc1cc(CNC2CC2)cc(Cl)c1OCc1cccc(C)c1. The molecule has 1 fully saturated rings. The number of benzene rings is 2. The van der Waals surface area contributed by atoms with Crippen LogP contribution in [0.15, 0.2) is 36.4 Å². The minimum atomic E-state index is 0.473. The maximum atomic E-state index is 6.47. The van der Waals surface area contributed by atoms with Crippen LogP contribution in [-0.2, 0) is 13.2 Å². The first-order valence-electron chi connectivity index (χ1n) is 8.52. The quantitative estimate of drug-likeness (QED) is 0.739. The normalized spacial score (nSPS) is 13.8. The summed E-state index contributed by atoms with van der Waals surface area (Å²) in [6.45, 7) is 5.90. The monoisotopic (exact) mass is 345 g/mol.